The maximum atomic E-state index is 12.0. The van der Waals surface area contributed by atoms with Crippen LogP contribution in [-0.4, -0.2) is 53.1 Å². The zero-order valence-corrected chi connectivity index (χ0v) is 11.3. The first-order valence-electron chi connectivity index (χ1n) is 6.13. The number of carboxylic acid groups (broad SMARTS) is 1. The molecule has 5 heteroatoms. The minimum atomic E-state index is -0.988. The molecule has 0 atom stereocenters. The Hall–Kier alpha value is -1.26. The number of carbonyl (C=O) groups is 2. The molecule has 0 aliphatic heterocycles. The van der Waals surface area contributed by atoms with Crippen molar-refractivity contribution in [2.75, 3.05) is 20.1 Å². The molecule has 100 valence electrons. The lowest BCUT2D eigenvalue weighted by atomic mass is 10.2. The number of carbonyl (C=O) groups excluding carboxylic acids is 1. The highest BCUT2D eigenvalue weighted by Gasteiger charge is 2.21. The molecular weight excluding hydrogens is 220 g/mol. The molecule has 0 heterocycles. The molecule has 5 nitrogen and oxygen atoms in total. The molecule has 1 N–H and O–H groups in total. The first-order valence-corrected chi connectivity index (χ1v) is 6.13. The maximum Gasteiger partial charge on any atom is 0.323 e. The first-order chi connectivity index (χ1) is 7.90. The van der Waals surface area contributed by atoms with Crippen LogP contribution in [0.3, 0.4) is 0 Å². The number of hydrogen-bond acceptors (Lipinski definition) is 2. The molecule has 0 radical (unpaired) electrons. The lowest BCUT2D eigenvalue weighted by Crippen LogP contribution is -2.46. The van der Waals surface area contributed by atoms with Crippen LogP contribution in [0.1, 0.15) is 40.0 Å². The van der Waals surface area contributed by atoms with E-state index in [1.165, 1.54) is 11.9 Å². The van der Waals surface area contributed by atoms with Crippen LogP contribution in [-0.2, 0) is 4.79 Å². The van der Waals surface area contributed by atoms with E-state index in [0.29, 0.717) is 6.54 Å². The van der Waals surface area contributed by atoms with Gasteiger partial charge in [-0.15, -0.1) is 0 Å². The predicted molar refractivity (Wildman–Crippen MR) is 67.0 cm³/mol. The van der Waals surface area contributed by atoms with Crippen molar-refractivity contribution in [1.29, 1.82) is 0 Å². The molecule has 0 aromatic rings. The highest BCUT2D eigenvalue weighted by molar-refractivity contribution is 5.80. The van der Waals surface area contributed by atoms with Crippen molar-refractivity contribution < 1.29 is 14.7 Å². The summed E-state index contributed by atoms with van der Waals surface area (Å²) in [5.74, 6) is -0.988. The Morgan fingerprint density at radius 1 is 1.24 bits per heavy atom. The Morgan fingerprint density at radius 2 is 1.82 bits per heavy atom. The Bertz CT molecular complexity index is 254. The molecule has 2 amide bonds. The molecule has 0 aromatic heterocycles. The highest BCUT2D eigenvalue weighted by atomic mass is 16.4. The molecule has 0 aliphatic rings. The standard InChI is InChI=1S/C12H24N2O3/c1-5-6-7-8-14(10(2)3)12(17)13(4)9-11(15)16/h10H,5-9H2,1-4H3,(H,15,16). The van der Waals surface area contributed by atoms with E-state index >= 15 is 0 Å². The number of amides is 2. The molecule has 17 heavy (non-hydrogen) atoms. The second-order valence-electron chi connectivity index (χ2n) is 4.53. The van der Waals surface area contributed by atoms with E-state index in [4.69, 9.17) is 5.11 Å². The van der Waals surface area contributed by atoms with Crippen LogP contribution in [0.2, 0.25) is 0 Å². The van der Waals surface area contributed by atoms with Gasteiger partial charge in [0.1, 0.15) is 6.54 Å². The minimum Gasteiger partial charge on any atom is -0.480 e. The Kier molecular flexibility index (Phi) is 7.34. The van der Waals surface area contributed by atoms with Gasteiger partial charge in [-0.25, -0.2) is 4.79 Å². The van der Waals surface area contributed by atoms with E-state index in [9.17, 15) is 9.59 Å². The SMILES string of the molecule is CCCCCN(C(=O)N(C)CC(=O)O)C(C)C. The molecule has 0 bridgehead atoms. The number of nitrogens with zero attached hydrogens (tertiary/aromatic N) is 2. The Labute approximate surface area is 103 Å². The third-order valence-corrected chi connectivity index (χ3v) is 2.57. The van der Waals surface area contributed by atoms with Crippen LogP contribution in [0.5, 0.6) is 0 Å². The molecule has 0 rings (SSSR count). The van der Waals surface area contributed by atoms with E-state index in [1.807, 2.05) is 13.8 Å². The van der Waals surface area contributed by atoms with Crippen LogP contribution in [0, 0.1) is 0 Å². The van der Waals surface area contributed by atoms with Crippen molar-refractivity contribution in [3.63, 3.8) is 0 Å². The summed E-state index contributed by atoms with van der Waals surface area (Å²) in [6.07, 6.45) is 3.14. The molecule has 0 spiro atoms. The summed E-state index contributed by atoms with van der Waals surface area (Å²) >= 11 is 0. The maximum absolute atomic E-state index is 12.0. The van der Waals surface area contributed by atoms with Crippen molar-refractivity contribution >= 4 is 12.0 Å². The lowest BCUT2D eigenvalue weighted by molar-refractivity contribution is -0.137. The Morgan fingerprint density at radius 3 is 2.24 bits per heavy atom. The number of likely N-dealkylation sites (N-methyl/N-ethyl adjacent to an activating group) is 1. The first kappa shape index (κ1) is 15.7. The van der Waals surface area contributed by atoms with E-state index in [1.54, 1.807) is 4.90 Å². The van der Waals surface area contributed by atoms with E-state index in [-0.39, 0.29) is 18.6 Å². The third kappa shape index (κ3) is 6.14. The summed E-state index contributed by atoms with van der Waals surface area (Å²) in [5, 5.41) is 8.65. The minimum absolute atomic E-state index is 0.0931. The highest BCUT2D eigenvalue weighted by Crippen LogP contribution is 2.06. The van der Waals surface area contributed by atoms with Gasteiger partial charge in [-0.2, -0.15) is 0 Å². The number of aliphatic carboxylic acids is 1. The van der Waals surface area contributed by atoms with Gasteiger partial charge in [0.25, 0.3) is 0 Å². The van der Waals surface area contributed by atoms with Crippen molar-refractivity contribution in [3.8, 4) is 0 Å². The number of rotatable bonds is 7. The Balaban J connectivity index is 4.37. The molecule has 0 fully saturated rings. The van der Waals surface area contributed by atoms with Crippen molar-refractivity contribution in [3.05, 3.63) is 0 Å². The molecule has 0 saturated carbocycles. The monoisotopic (exact) mass is 244 g/mol. The summed E-state index contributed by atoms with van der Waals surface area (Å²) in [6, 6.07) is -0.117. The molecule has 0 aromatic carbocycles. The van der Waals surface area contributed by atoms with Gasteiger partial charge in [-0.3, -0.25) is 4.79 Å². The van der Waals surface area contributed by atoms with Gasteiger partial charge >= 0.3 is 12.0 Å². The van der Waals surface area contributed by atoms with Gasteiger partial charge in [-0.1, -0.05) is 19.8 Å². The van der Waals surface area contributed by atoms with Crippen LogP contribution >= 0.6 is 0 Å². The number of hydrogen-bond donors (Lipinski definition) is 1. The van der Waals surface area contributed by atoms with E-state index < -0.39 is 5.97 Å². The smallest absolute Gasteiger partial charge is 0.323 e. The fraction of sp³-hybridized carbons (Fsp3) is 0.833. The zero-order chi connectivity index (χ0) is 13.4. The summed E-state index contributed by atoms with van der Waals surface area (Å²) in [5.41, 5.74) is 0. The fourth-order valence-electron chi connectivity index (χ4n) is 1.60. The van der Waals surface area contributed by atoms with Gasteiger partial charge in [0.2, 0.25) is 0 Å². The van der Waals surface area contributed by atoms with Gasteiger partial charge in [-0.05, 0) is 20.3 Å². The largest absolute Gasteiger partial charge is 0.480 e. The lowest BCUT2D eigenvalue weighted by Gasteiger charge is -2.30. The van der Waals surface area contributed by atoms with Crippen molar-refractivity contribution in [2.45, 2.75) is 46.1 Å². The summed E-state index contributed by atoms with van der Waals surface area (Å²) < 4.78 is 0. The van der Waals surface area contributed by atoms with Crippen LogP contribution in [0.15, 0.2) is 0 Å². The van der Waals surface area contributed by atoms with Gasteiger partial charge in [0, 0.05) is 19.6 Å². The van der Waals surface area contributed by atoms with Crippen LogP contribution in [0.4, 0.5) is 4.79 Å². The molecule has 0 aliphatic carbocycles. The number of urea groups is 1. The normalized spacial score (nSPS) is 10.4. The van der Waals surface area contributed by atoms with Crippen molar-refractivity contribution in [1.82, 2.24) is 9.80 Å². The summed E-state index contributed by atoms with van der Waals surface area (Å²) in [4.78, 5) is 25.5. The fourth-order valence-corrected chi connectivity index (χ4v) is 1.60. The average Bonchev–Trinajstić information content (AvgIpc) is 2.22. The van der Waals surface area contributed by atoms with E-state index in [2.05, 4.69) is 6.92 Å². The predicted octanol–water partition coefficient (Wildman–Crippen LogP) is 2.02. The second kappa shape index (κ2) is 7.92. The molecule has 0 unspecified atom stereocenters. The average molecular weight is 244 g/mol. The topological polar surface area (TPSA) is 60.9 Å². The van der Waals surface area contributed by atoms with E-state index in [0.717, 1.165) is 19.3 Å². The second-order valence-corrected chi connectivity index (χ2v) is 4.53. The third-order valence-electron chi connectivity index (χ3n) is 2.57. The van der Waals surface area contributed by atoms with Crippen LogP contribution in [0.25, 0.3) is 0 Å². The van der Waals surface area contributed by atoms with Crippen molar-refractivity contribution in [2.24, 2.45) is 0 Å². The van der Waals surface area contributed by atoms with Gasteiger partial charge < -0.3 is 14.9 Å². The van der Waals surface area contributed by atoms with Crippen LogP contribution < -0.4 is 0 Å². The van der Waals surface area contributed by atoms with Gasteiger partial charge in [0.15, 0.2) is 0 Å². The number of unbranched alkanes of at least 4 members (excludes halogenated alkanes) is 2. The molecular formula is C12H24N2O3. The number of carboxylic acids is 1. The molecule has 0 saturated heterocycles. The summed E-state index contributed by atoms with van der Waals surface area (Å²) in [7, 11) is 1.52. The van der Waals surface area contributed by atoms with Gasteiger partial charge in [0.05, 0.1) is 0 Å². The quantitative estimate of drug-likeness (QED) is 0.697. The summed E-state index contributed by atoms with van der Waals surface area (Å²) in [6.45, 7) is 6.43. The zero-order valence-electron chi connectivity index (χ0n) is 11.3.